The summed E-state index contributed by atoms with van der Waals surface area (Å²) in [4.78, 5) is 23.2. The fraction of sp³-hybridized carbons (Fsp3) is 0.0179. The van der Waals surface area contributed by atoms with E-state index in [4.69, 9.17) is 9.98 Å². The molecule has 7 heteroatoms. The fourth-order valence-corrected chi connectivity index (χ4v) is 8.78. The molecule has 298 valence electrons. The Labute approximate surface area is 364 Å². The number of aromatic nitrogens is 4. The summed E-state index contributed by atoms with van der Waals surface area (Å²) in [6.07, 6.45) is 3.50. The first-order chi connectivity index (χ1) is 31.2. The van der Waals surface area contributed by atoms with Crippen LogP contribution in [0.4, 0.5) is 0 Å². The average molecular weight is 810 g/mol. The van der Waals surface area contributed by atoms with Crippen LogP contribution < -0.4 is 0 Å². The lowest BCUT2D eigenvalue weighted by molar-refractivity contribution is 0.984. The van der Waals surface area contributed by atoms with Crippen molar-refractivity contribution < 1.29 is 0 Å². The largest absolute Gasteiger partial charge is 0.309 e. The van der Waals surface area contributed by atoms with Crippen molar-refractivity contribution in [2.45, 2.75) is 6.54 Å². The molecule has 0 spiro atoms. The van der Waals surface area contributed by atoms with Gasteiger partial charge >= 0.3 is 0 Å². The van der Waals surface area contributed by atoms with Crippen LogP contribution in [0.2, 0.25) is 0 Å². The smallest absolute Gasteiger partial charge is 0.176 e. The second kappa shape index (κ2) is 16.1. The molecule has 0 saturated heterocycles. The molecule has 0 aliphatic rings. The fourth-order valence-electron chi connectivity index (χ4n) is 8.78. The summed E-state index contributed by atoms with van der Waals surface area (Å²) in [7, 11) is 0. The van der Waals surface area contributed by atoms with Crippen molar-refractivity contribution in [2.24, 2.45) is 15.0 Å². The molecule has 0 saturated carbocycles. The topological polar surface area (TPSA) is 72.7 Å². The van der Waals surface area contributed by atoms with Gasteiger partial charge in [0, 0.05) is 50.9 Å². The van der Waals surface area contributed by atoms with Crippen molar-refractivity contribution >= 4 is 62.0 Å². The zero-order valence-corrected chi connectivity index (χ0v) is 34.3. The number of hydrogen-bond acceptors (Lipinski definition) is 3. The summed E-state index contributed by atoms with van der Waals surface area (Å²) in [5.74, 6) is 0.916. The average Bonchev–Trinajstić information content (AvgIpc) is 3.88. The minimum atomic E-state index is 0.353. The first-order valence-corrected chi connectivity index (χ1v) is 21.0. The maximum absolute atomic E-state index is 4.95. The lowest BCUT2D eigenvalue weighted by Crippen LogP contribution is -2.07. The van der Waals surface area contributed by atoms with Crippen LogP contribution >= 0.6 is 0 Å². The van der Waals surface area contributed by atoms with Crippen LogP contribution in [0.1, 0.15) is 17.0 Å². The van der Waals surface area contributed by atoms with Gasteiger partial charge in [-0.1, -0.05) is 121 Å². The second-order valence-corrected chi connectivity index (χ2v) is 15.4. The molecule has 11 rings (SSSR count). The highest BCUT2D eigenvalue weighted by molar-refractivity contribution is 6.17. The van der Waals surface area contributed by atoms with Gasteiger partial charge in [-0.2, -0.15) is 0 Å². The number of nitrogens with zero attached hydrogens (tertiary/aromatic N) is 7. The van der Waals surface area contributed by atoms with E-state index in [0.29, 0.717) is 23.9 Å². The van der Waals surface area contributed by atoms with Crippen LogP contribution in [0, 0.1) is 0 Å². The molecule has 63 heavy (non-hydrogen) atoms. The van der Waals surface area contributed by atoms with Gasteiger partial charge in [-0.25, -0.2) is 9.98 Å². The molecule has 0 fully saturated rings. The minimum Gasteiger partial charge on any atom is -0.309 e. The van der Waals surface area contributed by atoms with E-state index in [2.05, 4.69) is 182 Å². The standard InChI is InChI=1S/C56H39N7/c1-57-55(61-56(49-23-10-12-34-59-49)60-37-42-17-9-11-33-58-42)41-16-13-15-40(35-41)45-22-14-26-52-54(45)48-21-6-8-25-51(48)62(52)44-30-27-38(28-31-44)39-29-32-47-46-20-5-7-24-50(46)63(53(47)36-39)43-18-3-2-4-19-43/h2-36H,1,37H2/b60-56-,61-55-. The van der Waals surface area contributed by atoms with Gasteiger partial charge in [0.25, 0.3) is 0 Å². The van der Waals surface area contributed by atoms with Crippen molar-refractivity contribution in [1.29, 1.82) is 0 Å². The normalized spacial score (nSPS) is 12.1. The Hall–Kier alpha value is -8.55. The van der Waals surface area contributed by atoms with Crippen LogP contribution in [0.15, 0.2) is 228 Å². The maximum Gasteiger partial charge on any atom is 0.176 e. The Bertz CT molecular complexity index is 3530. The molecule has 0 aliphatic carbocycles. The van der Waals surface area contributed by atoms with Gasteiger partial charge in [0.2, 0.25) is 0 Å². The molecule has 0 amide bonds. The molecular formula is C56H39N7. The summed E-state index contributed by atoms with van der Waals surface area (Å²) in [6.45, 7) is 4.28. The molecule has 0 unspecified atom stereocenters. The van der Waals surface area contributed by atoms with E-state index in [1.54, 1.807) is 12.4 Å². The molecule has 11 aromatic rings. The number of pyridine rings is 2. The third-order valence-corrected chi connectivity index (χ3v) is 11.6. The van der Waals surface area contributed by atoms with Crippen LogP contribution in [0.5, 0.6) is 0 Å². The zero-order chi connectivity index (χ0) is 42.1. The molecule has 0 radical (unpaired) electrons. The highest BCUT2D eigenvalue weighted by Crippen LogP contribution is 2.40. The number of benzene rings is 7. The van der Waals surface area contributed by atoms with Crippen molar-refractivity contribution in [3.63, 3.8) is 0 Å². The van der Waals surface area contributed by atoms with Gasteiger partial charge in [-0.15, -0.1) is 0 Å². The van der Waals surface area contributed by atoms with E-state index in [1.165, 1.54) is 38.1 Å². The Balaban J connectivity index is 0.978. The lowest BCUT2D eigenvalue weighted by Gasteiger charge is -2.11. The highest BCUT2D eigenvalue weighted by Gasteiger charge is 2.18. The molecule has 0 atom stereocenters. The third kappa shape index (κ3) is 6.88. The summed E-state index contributed by atoms with van der Waals surface area (Å²) >= 11 is 0. The monoisotopic (exact) mass is 809 g/mol. The predicted octanol–water partition coefficient (Wildman–Crippen LogP) is 13.1. The van der Waals surface area contributed by atoms with Crippen LogP contribution in [0.3, 0.4) is 0 Å². The summed E-state index contributed by atoms with van der Waals surface area (Å²) < 4.78 is 4.74. The molecule has 0 bridgehead atoms. The Kier molecular flexibility index (Phi) is 9.59. The number of para-hydroxylation sites is 3. The number of fused-ring (bicyclic) bond motifs is 6. The number of amidine groups is 2. The molecule has 7 nitrogen and oxygen atoms in total. The zero-order valence-electron chi connectivity index (χ0n) is 34.3. The molecule has 4 aromatic heterocycles. The quantitative estimate of drug-likeness (QED) is 0.113. The van der Waals surface area contributed by atoms with Crippen molar-refractivity contribution in [3.05, 3.63) is 230 Å². The number of rotatable bonds is 8. The van der Waals surface area contributed by atoms with Gasteiger partial charge < -0.3 is 9.13 Å². The highest BCUT2D eigenvalue weighted by atomic mass is 15.0. The van der Waals surface area contributed by atoms with Crippen molar-refractivity contribution in [2.75, 3.05) is 0 Å². The SMILES string of the molecule is C=N/C(=N\C(=N/Cc1ccccn1)c1ccccn1)c1cccc(-c2cccc3c2c2ccccc2n3-c2ccc(-c3ccc4c5ccccc5n(-c5ccccc5)c4c3)cc2)c1. The van der Waals surface area contributed by atoms with Crippen molar-refractivity contribution in [3.8, 4) is 33.6 Å². The Morgan fingerprint density at radius 3 is 1.89 bits per heavy atom. The minimum absolute atomic E-state index is 0.353. The molecular weight excluding hydrogens is 771 g/mol. The lowest BCUT2D eigenvalue weighted by atomic mass is 9.97. The predicted molar refractivity (Wildman–Crippen MR) is 261 cm³/mol. The van der Waals surface area contributed by atoms with Crippen LogP contribution in [-0.2, 0) is 6.54 Å². The molecule has 7 aromatic carbocycles. The van der Waals surface area contributed by atoms with Gasteiger partial charge in [0.05, 0.1) is 34.3 Å². The molecule has 0 N–H and O–H groups in total. The summed E-state index contributed by atoms with van der Waals surface area (Å²) in [5, 5.41) is 4.83. The third-order valence-electron chi connectivity index (χ3n) is 11.6. The van der Waals surface area contributed by atoms with E-state index in [1.807, 2.05) is 48.5 Å². The Morgan fingerprint density at radius 1 is 0.460 bits per heavy atom. The summed E-state index contributed by atoms with van der Waals surface area (Å²) in [6, 6.07) is 70.0. The summed E-state index contributed by atoms with van der Waals surface area (Å²) in [5.41, 5.74) is 13.7. The van der Waals surface area contributed by atoms with Crippen molar-refractivity contribution in [1.82, 2.24) is 19.1 Å². The first kappa shape index (κ1) is 37.4. The van der Waals surface area contributed by atoms with Crippen LogP contribution in [-0.4, -0.2) is 37.5 Å². The van der Waals surface area contributed by atoms with E-state index < -0.39 is 0 Å². The first-order valence-electron chi connectivity index (χ1n) is 21.0. The maximum atomic E-state index is 4.95. The van der Waals surface area contributed by atoms with E-state index in [-0.39, 0.29) is 0 Å². The van der Waals surface area contributed by atoms with Gasteiger partial charge in [0.15, 0.2) is 11.7 Å². The second-order valence-electron chi connectivity index (χ2n) is 15.4. The van der Waals surface area contributed by atoms with Gasteiger partial charge in [0.1, 0.15) is 5.69 Å². The van der Waals surface area contributed by atoms with E-state index in [0.717, 1.165) is 50.4 Å². The Morgan fingerprint density at radius 2 is 1.11 bits per heavy atom. The molecule has 0 aliphatic heterocycles. The van der Waals surface area contributed by atoms with Crippen LogP contribution in [0.25, 0.3) is 77.2 Å². The van der Waals surface area contributed by atoms with E-state index in [9.17, 15) is 0 Å². The number of aliphatic imine (C=N–C) groups is 3. The number of hydrogen-bond donors (Lipinski definition) is 0. The van der Waals surface area contributed by atoms with Gasteiger partial charge in [-0.05, 0) is 108 Å². The van der Waals surface area contributed by atoms with E-state index >= 15 is 0 Å². The van der Waals surface area contributed by atoms with Gasteiger partial charge in [-0.3, -0.25) is 15.0 Å². The molecule has 4 heterocycles.